The Morgan fingerprint density at radius 3 is 2.42 bits per heavy atom. The average Bonchev–Trinajstić information content (AvgIpc) is 3.80. The lowest BCUT2D eigenvalue weighted by molar-refractivity contribution is 0.0734. The van der Waals surface area contributed by atoms with Crippen molar-refractivity contribution in [3.8, 4) is 5.82 Å². The smallest absolute Gasteiger partial charge is 0.278 e. The molecule has 0 radical (unpaired) electrons. The summed E-state index contributed by atoms with van der Waals surface area (Å²) >= 11 is 0. The molecule has 4 aromatic rings. The van der Waals surface area contributed by atoms with Crippen molar-refractivity contribution in [3.05, 3.63) is 76.9 Å². The number of aromatic nitrogens is 5. The number of hydrogen-bond donors (Lipinski definition) is 2. The van der Waals surface area contributed by atoms with E-state index >= 15 is 0 Å². The van der Waals surface area contributed by atoms with E-state index in [0.29, 0.717) is 34.8 Å². The van der Waals surface area contributed by atoms with Crippen molar-refractivity contribution >= 4 is 28.4 Å². The maximum absolute atomic E-state index is 13.5. The van der Waals surface area contributed by atoms with Crippen LogP contribution in [0.25, 0.3) is 16.9 Å². The molecule has 10 heteroatoms. The highest BCUT2D eigenvalue weighted by Gasteiger charge is 2.52. The van der Waals surface area contributed by atoms with Gasteiger partial charge in [0.1, 0.15) is 11.5 Å². The molecule has 0 amide bonds. The maximum Gasteiger partial charge on any atom is 0.278 e. The van der Waals surface area contributed by atoms with Crippen LogP contribution in [-0.4, -0.2) is 67.5 Å². The molecule has 3 fully saturated rings. The Morgan fingerprint density at radius 2 is 1.71 bits per heavy atom. The zero-order chi connectivity index (χ0) is 30.8. The highest BCUT2D eigenvalue weighted by Crippen LogP contribution is 2.60. The van der Waals surface area contributed by atoms with Crippen LogP contribution in [0.3, 0.4) is 0 Å². The molecule has 5 heterocycles. The number of hydrogen-bond acceptors (Lipinski definition) is 8. The van der Waals surface area contributed by atoms with Crippen molar-refractivity contribution in [2.24, 2.45) is 10.8 Å². The standard InChI is InChI=1S/C35H42N8O2/c1-3-18-42-32(45)27-23-36-33(39-31(27)43(42)28-9-4-24-10-11-35(12-13-35)30(44)29(24)38-28)37-25-5-7-26(8-6-25)41-21-16-34(17-22-41)14-19-40(2)20-15-34/h3-9,23,30,44H,1,10-22H2,2H3,(H,36,37,39)/t30-/m1/s1. The van der Waals surface area contributed by atoms with Crippen LogP contribution in [0.5, 0.6) is 0 Å². The number of aliphatic hydroxyl groups excluding tert-OH is 1. The van der Waals surface area contributed by atoms with Gasteiger partial charge in [0.15, 0.2) is 11.5 Å². The number of rotatable bonds is 6. The molecule has 2 N–H and O–H groups in total. The minimum atomic E-state index is -0.585. The van der Waals surface area contributed by atoms with Crippen molar-refractivity contribution in [1.82, 2.24) is 29.2 Å². The van der Waals surface area contributed by atoms with Crippen LogP contribution in [0.2, 0.25) is 0 Å². The predicted molar refractivity (Wildman–Crippen MR) is 176 cm³/mol. The van der Waals surface area contributed by atoms with Crippen LogP contribution in [0.15, 0.2) is 60.0 Å². The third-order valence-corrected chi connectivity index (χ3v) is 11.2. The summed E-state index contributed by atoms with van der Waals surface area (Å²) in [7, 11) is 2.24. The van der Waals surface area contributed by atoms with E-state index in [-0.39, 0.29) is 11.0 Å². The lowest BCUT2D eigenvalue weighted by Crippen LogP contribution is -2.46. The second kappa shape index (κ2) is 10.8. The fourth-order valence-corrected chi connectivity index (χ4v) is 7.88. The van der Waals surface area contributed by atoms with Gasteiger partial charge in [-0.25, -0.2) is 19.3 Å². The SMILES string of the molecule is C=CCn1c(=O)c2cnc(Nc3ccc(N4CCC5(CCN(C)CC5)CC4)cc3)nc2n1-c1ccc2c(n1)[C@@H](O)C1(CC2)CC1. The second-order valence-corrected chi connectivity index (χ2v) is 13.9. The molecule has 4 aliphatic rings. The Hall–Kier alpha value is -4.02. The van der Waals surface area contributed by atoms with Gasteiger partial charge < -0.3 is 20.2 Å². The molecule has 2 saturated heterocycles. The number of piperidine rings is 2. The molecule has 2 aliphatic heterocycles. The van der Waals surface area contributed by atoms with Crippen molar-refractivity contribution in [3.63, 3.8) is 0 Å². The van der Waals surface area contributed by atoms with Gasteiger partial charge in [0.05, 0.1) is 12.2 Å². The van der Waals surface area contributed by atoms with E-state index in [1.807, 2.05) is 12.1 Å². The fraction of sp³-hybridized carbons (Fsp3) is 0.486. The summed E-state index contributed by atoms with van der Waals surface area (Å²) in [5.41, 5.74) is 4.67. The van der Waals surface area contributed by atoms with Gasteiger partial charge in [-0.3, -0.25) is 4.79 Å². The van der Waals surface area contributed by atoms with E-state index < -0.39 is 6.10 Å². The summed E-state index contributed by atoms with van der Waals surface area (Å²) in [5, 5.41) is 14.9. The molecule has 0 bridgehead atoms. The zero-order valence-electron chi connectivity index (χ0n) is 26.1. The number of likely N-dealkylation sites (tertiary alicyclic amines) is 1. The number of aryl methyl sites for hydroxylation is 1. The van der Waals surface area contributed by atoms with Gasteiger partial charge in [-0.2, -0.15) is 4.98 Å². The Bertz CT molecular complexity index is 1800. The first-order valence-corrected chi connectivity index (χ1v) is 16.5. The van der Waals surface area contributed by atoms with E-state index in [2.05, 4.69) is 58.0 Å². The highest BCUT2D eigenvalue weighted by atomic mass is 16.3. The first-order valence-electron chi connectivity index (χ1n) is 16.5. The number of fused-ring (bicyclic) bond motifs is 2. The maximum atomic E-state index is 13.5. The molecule has 1 atom stereocenters. The largest absolute Gasteiger partial charge is 0.386 e. The summed E-state index contributed by atoms with van der Waals surface area (Å²) in [5.74, 6) is 0.953. The number of benzene rings is 1. The summed E-state index contributed by atoms with van der Waals surface area (Å²) in [6.45, 7) is 8.80. The molecule has 1 aromatic carbocycles. The van der Waals surface area contributed by atoms with Gasteiger partial charge in [0, 0.05) is 36.1 Å². The normalized spacial score (nSPS) is 22.1. The Kier molecular flexibility index (Phi) is 6.83. The van der Waals surface area contributed by atoms with Gasteiger partial charge in [-0.15, -0.1) is 6.58 Å². The van der Waals surface area contributed by atoms with E-state index in [1.54, 1.807) is 21.6 Å². The summed E-state index contributed by atoms with van der Waals surface area (Å²) in [4.78, 5) is 32.7. The Labute approximate surface area is 263 Å². The van der Waals surface area contributed by atoms with E-state index in [0.717, 1.165) is 55.7 Å². The second-order valence-electron chi connectivity index (χ2n) is 13.9. The minimum absolute atomic E-state index is 0.0319. The molecule has 234 valence electrons. The Balaban J connectivity index is 1.05. The highest BCUT2D eigenvalue weighted by molar-refractivity contribution is 5.77. The summed E-state index contributed by atoms with van der Waals surface area (Å²) in [6, 6.07) is 12.4. The summed E-state index contributed by atoms with van der Waals surface area (Å²) < 4.78 is 3.32. The fourth-order valence-electron chi connectivity index (χ4n) is 7.88. The van der Waals surface area contributed by atoms with Crippen molar-refractivity contribution in [1.29, 1.82) is 0 Å². The predicted octanol–water partition coefficient (Wildman–Crippen LogP) is 4.98. The van der Waals surface area contributed by atoms with Gasteiger partial charge in [0.25, 0.3) is 5.56 Å². The molecule has 1 saturated carbocycles. The molecule has 10 nitrogen and oxygen atoms in total. The van der Waals surface area contributed by atoms with E-state index in [1.165, 1.54) is 44.5 Å². The van der Waals surface area contributed by atoms with Gasteiger partial charge in [0.2, 0.25) is 5.95 Å². The quantitative estimate of drug-likeness (QED) is 0.296. The summed E-state index contributed by atoms with van der Waals surface area (Å²) in [6.07, 6.45) is 11.8. The molecule has 8 rings (SSSR count). The Morgan fingerprint density at radius 1 is 0.978 bits per heavy atom. The number of aliphatic hydroxyl groups is 1. The van der Waals surface area contributed by atoms with Gasteiger partial charge in [-0.05, 0) is 113 Å². The molecule has 45 heavy (non-hydrogen) atoms. The molecule has 0 unspecified atom stereocenters. The van der Waals surface area contributed by atoms with Crippen LogP contribution in [0.4, 0.5) is 17.3 Å². The molecular weight excluding hydrogens is 564 g/mol. The monoisotopic (exact) mass is 606 g/mol. The zero-order valence-corrected chi connectivity index (χ0v) is 26.1. The van der Waals surface area contributed by atoms with E-state index in [9.17, 15) is 9.90 Å². The first kappa shape index (κ1) is 28.5. The van der Waals surface area contributed by atoms with Crippen LogP contribution in [0.1, 0.15) is 62.3 Å². The number of nitrogens with one attached hydrogen (secondary N) is 1. The topological polar surface area (TPSA) is 104 Å². The molecule has 3 aromatic heterocycles. The third kappa shape index (κ3) is 4.95. The number of pyridine rings is 1. The molecular formula is C35H42N8O2. The number of anilines is 3. The van der Waals surface area contributed by atoms with Crippen LogP contribution >= 0.6 is 0 Å². The minimum Gasteiger partial charge on any atom is -0.386 e. The van der Waals surface area contributed by atoms with Crippen LogP contribution in [-0.2, 0) is 13.0 Å². The first-order chi connectivity index (χ1) is 21.9. The van der Waals surface area contributed by atoms with Gasteiger partial charge >= 0.3 is 0 Å². The van der Waals surface area contributed by atoms with Crippen molar-refractivity contribution < 1.29 is 5.11 Å². The van der Waals surface area contributed by atoms with Crippen molar-refractivity contribution in [2.45, 2.75) is 64.0 Å². The van der Waals surface area contributed by atoms with Crippen molar-refractivity contribution in [2.75, 3.05) is 43.4 Å². The number of nitrogens with zero attached hydrogens (tertiary/aromatic N) is 7. The van der Waals surface area contributed by atoms with Crippen LogP contribution < -0.4 is 15.8 Å². The van der Waals surface area contributed by atoms with Crippen LogP contribution in [0, 0.1) is 10.8 Å². The van der Waals surface area contributed by atoms with E-state index in [4.69, 9.17) is 9.97 Å². The van der Waals surface area contributed by atoms with Gasteiger partial charge in [-0.1, -0.05) is 12.1 Å². The molecule has 2 spiro atoms. The lowest BCUT2D eigenvalue weighted by Gasteiger charge is -2.46. The third-order valence-electron chi connectivity index (χ3n) is 11.2. The number of allylic oxidation sites excluding steroid dienone is 1. The molecule has 2 aliphatic carbocycles. The average molecular weight is 607 g/mol. The lowest BCUT2D eigenvalue weighted by atomic mass is 9.71.